The fourth-order valence-electron chi connectivity index (χ4n) is 3.14. The molecule has 1 heterocycles. The molecule has 6 heteroatoms. The maximum atomic E-state index is 9.85. The number of hydrogen-bond acceptors (Lipinski definition) is 5. The first-order valence-corrected chi connectivity index (χ1v) is 8.53. The molecule has 20 heavy (non-hydrogen) atoms. The molecule has 2 atom stereocenters. The number of aliphatic hydroxyl groups is 1. The molecular weight excluding hydrogens is 272 g/mol. The summed E-state index contributed by atoms with van der Waals surface area (Å²) in [6, 6.07) is 0. The Kier molecular flexibility index (Phi) is 5.86. The second kappa shape index (κ2) is 7.43. The van der Waals surface area contributed by atoms with Gasteiger partial charge in [-0.1, -0.05) is 25.1 Å². The summed E-state index contributed by atoms with van der Waals surface area (Å²) < 4.78 is 1.81. The smallest absolute Gasteiger partial charge is 0.185 e. The number of aromatic nitrogens is 3. The van der Waals surface area contributed by atoms with Gasteiger partial charge in [-0.25, -0.2) is 9.67 Å². The van der Waals surface area contributed by atoms with E-state index in [4.69, 9.17) is 0 Å². The number of hydrogen-bond donors (Lipinski definition) is 2. The van der Waals surface area contributed by atoms with Crippen molar-refractivity contribution >= 4 is 11.8 Å². The highest BCUT2D eigenvalue weighted by molar-refractivity contribution is 7.99. The van der Waals surface area contributed by atoms with Crippen molar-refractivity contribution in [2.45, 2.75) is 49.7 Å². The number of rotatable bonds is 8. The van der Waals surface area contributed by atoms with Crippen LogP contribution in [0.2, 0.25) is 0 Å². The van der Waals surface area contributed by atoms with Crippen LogP contribution in [0.5, 0.6) is 0 Å². The zero-order chi connectivity index (χ0) is 14.4. The van der Waals surface area contributed by atoms with Gasteiger partial charge in [-0.2, -0.15) is 5.10 Å². The van der Waals surface area contributed by atoms with Crippen LogP contribution in [0.4, 0.5) is 0 Å². The van der Waals surface area contributed by atoms with Crippen molar-refractivity contribution in [3.05, 3.63) is 6.33 Å². The molecule has 0 amide bonds. The molecule has 1 aliphatic rings. The summed E-state index contributed by atoms with van der Waals surface area (Å²) in [7, 11) is 1.92. The predicted octanol–water partition coefficient (Wildman–Crippen LogP) is 1.83. The van der Waals surface area contributed by atoms with Gasteiger partial charge < -0.3 is 10.4 Å². The largest absolute Gasteiger partial charge is 0.394 e. The lowest BCUT2D eigenvalue weighted by Crippen LogP contribution is -2.51. The van der Waals surface area contributed by atoms with Gasteiger partial charge in [0.2, 0.25) is 0 Å². The molecule has 1 aromatic rings. The molecular formula is C14H26N4OS. The molecule has 0 bridgehead atoms. The molecule has 5 nitrogen and oxygen atoms in total. The minimum absolute atomic E-state index is 0.0452. The molecule has 0 spiro atoms. The molecule has 0 saturated heterocycles. The SMILES string of the molecule is CCCNC1(CO)CCCC1CCSc1ncnn1C. The molecule has 0 radical (unpaired) electrons. The highest BCUT2D eigenvalue weighted by Gasteiger charge is 2.41. The fraction of sp³-hybridized carbons (Fsp3) is 0.857. The van der Waals surface area contributed by atoms with Gasteiger partial charge in [0, 0.05) is 18.3 Å². The average Bonchev–Trinajstić information content (AvgIpc) is 3.04. The van der Waals surface area contributed by atoms with Gasteiger partial charge in [0.05, 0.1) is 6.61 Å². The van der Waals surface area contributed by atoms with Crippen molar-refractivity contribution in [1.29, 1.82) is 0 Å². The first kappa shape index (κ1) is 15.8. The lowest BCUT2D eigenvalue weighted by Gasteiger charge is -2.35. The Bertz CT molecular complexity index is 412. The molecule has 0 aliphatic heterocycles. The standard InChI is InChI=1S/C14H26N4OS/c1-3-8-16-14(10-19)7-4-5-12(14)6-9-20-13-15-11-17-18(13)2/h11-12,16,19H,3-10H2,1-2H3. The number of nitrogens with one attached hydrogen (secondary N) is 1. The first-order chi connectivity index (χ1) is 9.72. The van der Waals surface area contributed by atoms with E-state index in [1.807, 2.05) is 11.7 Å². The first-order valence-electron chi connectivity index (χ1n) is 7.54. The summed E-state index contributed by atoms with van der Waals surface area (Å²) in [6.45, 7) is 3.42. The summed E-state index contributed by atoms with van der Waals surface area (Å²) >= 11 is 1.76. The van der Waals surface area contributed by atoms with Crippen molar-refractivity contribution in [1.82, 2.24) is 20.1 Å². The Morgan fingerprint density at radius 3 is 3.10 bits per heavy atom. The van der Waals surface area contributed by atoms with Crippen LogP contribution in [0.25, 0.3) is 0 Å². The topological polar surface area (TPSA) is 63.0 Å². The molecule has 2 rings (SSSR count). The molecule has 1 saturated carbocycles. The highest BCUT2D eigenvalue weighted by Crippen LogP contribution is 2.38. The van der Waals surface area contributed by atoms with Crippen molar-refractivity contribution in [2.24, 2.45) is 13.0 Å². The summed E-state index contributed by atoms with van der Waals surface area (Å²) in [4.78, 5) is 4.24. The van der Waals surface area contributed by atoms with Crippen molar-refractivity contribution < 1.29 is 5.11 Å². The minimum Gasteiger partial charge on any atom is -0.394 e. The number of nitrogens with zero attached hydrogens (tertiary/aromatic N) is 3. The van der Waals surface area contributed by atoms with Gasteiger partial charge >= 0.3 is 0 Å². The summed E-state index contributed by atoms with van der Waals surface area (Å²) in [5.41, 5.74) is -0.0452. The van der Waals surface area contributed by atoms with Crippen LogP contribution in [-0.4, -0.2) is 44.3 Å². The molecule has 2 N–H and O–H groups in total. The summed E-state index contributed by atoms with van der Waals surface area (Å²) in [5, 5.41) is 18.5. The van der Waals surface area contributed by atoms with Crippen LogP contribution >= 0.6 is 11.8 Å². The lowest BCUT2D eigenvalue weighted by atomic mass is 9.85. The van der Waals surface area contributed by atoms with E-state index in [1.54, 1.807) is 18.1 Å². The Labute approximate surface area is 125 Å². The molecule has 2 unspecified atom stereocenters. The van der Waals surface area contributed by atoms with E-state index in [2.05, 4.69) is 22.3 Å². The van der Waals surface area contributed by atoms with E-state index in [9.17, 15) is 5.11 Å². The number of aryl methyl sites for hydroxylation is 1. The third-order valence-electron chi connectivity index (χ3n) is 4.33. The van der Waals surface area contributed by atoms with Gasteiger partial charge in [0.15, 0.2) is 5.16 Å². The molecule has 1 aliphatic carbocycles. The van der Waals surface area contributed by atoms with E-state index in [-0.39, 0.29) is 12.1 Å². The van der Waals surface area contributed by atoms with Crippen LogP contribution in [-0.2, 0) is 7.05 Å². The van der Waals surface area contributed by atoms with Crippen LogP contribution in [0.1, 0.15) is 39.0 Å². The minimum atomic E-state index is -0.0452. The number of aliphatic hydroxyl groups excluding tert-OH is 1. The second-order valence-electron chi connectivity index (χ2n) is 5.63. The van der Waals surface area contributed by atoms with E-state index in [1.165, 1.54) is 12.8 Å². The van der Waals surface area contributed by atoms with Crippen molar-refractivity contribution in [3.8, 4) is 0 Å². The van der Waals surface area contributed by atoms with Crippen molar-refractivity contribution in [2.75, 3.05) is 18.9 Å². The normalized spacial score (nSPS) is 26.2. The molecule has 1 fully saturated rings. The van der Waals surface area contributed by atoms with Crippen LogP contribution in [0, 0.1) is 5.92 Å². The highest BCUT2D eigenvalue weighted by atomic mass is 32.2. The maximum absolute atomic E-state index is 9.85. The van der Waals surface area contributed by atoms with Gasteiger partial charge in [-0.05, 0) is 38.1 Å². The van der Waals surface area contributed by atoms with E-state index in [0.717, 1.165) is 36.7 Å². The molecule has 1 aromatic heterocycles. The van der Waals surface area contributed by atoms with Gasteiger partial charge in [0.25, 0.3) is 0 Å². The Hall–Kier alpha value is -0.590. The average molecular weight is 298 g/mol. The van der Waals surface area contributed by atoms with E-state index < -0.39 is 0 Å². The second-order valence-corrected chi connectivity index (χ2v) is 6.70. The van der Waals surface area contributed by atoms with Gasteiger partial charge in [-0.15, -0.1) is 0 Å². The van der Waals surface area contributed by atoms with Crippen molar-refractivity contribution in [3.63, 3.8) is 0 Å². The Morgan fingerprint density at radius 1 is 1.60 bits per heavy atom. The third-order valence-corrected chi connectivity index (χ3v) is 5.40. The van der Waals surface area contributed by atoms with Gasteiger partial charge in [0.1, 0.15) is 6.33 Å². The Morgan fingerprint density at radius 2 is 2.45 bits per heavy atom. The lowest BCUT2D eigenvalue weighted by molar-refractivity contribution is 0.122. The van der Waals surface area contributed by atoms with Crippen LogP contribution in [0.15, 0.2) is 11.5 Å². The third kappa shape index (κ3) is 3.54. The summed E-state index contributed by atoms with van der Waals surface area (Å²) in [5.74, 6) is 1.60. The summed E-state index contributed by atoms with van der Waals surface area (Å²) in [6.07, 6.45) is 7.37. The zero-order valence-electron chi connectivity index (χ0n) is 12.5. The quantitative estimate of drug-likeness (QED) is 0.717. The van der Waals surface area contributed by atoms with Crippen LogP contribution in [0.3, 0.4) is 0 Å². The maximum Gasteiger partial charge on any atom is 0.185 e. The monoisotopic (exact) mass is 298 g/mol. The molecule has 0 aromatic carbocycles. The van der Waals surface area contributed by atoms with Crippen LogP contribution < -0.4 is 5.32 Å². The van der Waals surface area contributed by atoms with E-state index in [0.29, 0.717) is 5.92 Å². The molecule has 114 valence electrons. The zero-order valence-corrected chi connectivity index (χ0v) is 13.3. The predicted molar refractivity (Wildman–Crippen MR) is 81.8 cm³/mol. The van der Waals surface area contributed by atoms with E-state index >= 15 is 0 Å². The van der Waals surface area contributed by atoms with Gasteiger partial charge in [-0.3, -0.25) is 0 Å². The fourth-order valence-corrected chi connectivity index (χ4v) is 4.09. The Balaban J connectivity index is 1.85. The number of thioether (sulfide) groups is 1.